The lowest BCUT2D eigenvalue weighted by Crippen LogP contribution is -2.25. The third kappa shape index (κ3) is 2.58. The molecule has 0 saturated carbocycles. The number of carbonyl (C=O) groups excluding carboxylic acids is 2. The summed E-state index contributed by atoms with van der Waals surface area (Å²) in [4.78, 5) is 34.6. The van der Waals surface area contributed by atoms with Crippen molar-refractivity contribution in [3.8, 4) is 0 Å². The smallest absolute Gasteiger partial charge is 0.274 e. The number of carbonyl (C=O) groups is 2. The van der Waals surface area contributed by atoms with Gasteiger partial charge in [0.2, 0.25) is 11.1 Å². The van der Waals surface area contributed by atoms with E-state index in [4.69, 9.17) is 11.6 Å². The Hall–Kier alpha value is -1.95. The second-order valence-corrected chi connectivity index (χ2v) is 4.81. The highest BCUT2D eigenvalue weighted by Crippen LogP contribution is 2.30. The van der Waals surface area contributed by atoms with Crippen molar-refractivity contribution in [2.75, 3.05) is 11.4 Å². The van der Waals surface area contributed by atoms with Crippen LogP contribution in [0.4, 0.5) is 11.4 Å². The summed E-state index contributed by atoms with van der Waals surface area (Å²) in [5.41, 5.74) is 0.888. The van der Waals surface area contributed by atoms with Crippen LogP contribution in [0.5, 0.6) is 0 Å². The number of hydrogen-bond acceptors (Lipinski definition) is 4. The largest absolute Gasteiger partial charge is 0.311 e. The molecule has 1 aliphatic rings. The van der Waals surface area contributed by atoms with Gasteiger partial charge in [0.1, 0.15) is 0 Å². The van der Waals surface area contributed by atoms with Gasteiger partial charge in [-0.2, -0.15) is 0 Å². The maximum atomic E-state index is 11.8. The van der Waals surface area contributed by atoms with Gasteiger partial charge in [-0.25, -0.2) is 0 Å². The summed E-state index contributed by atoms with van der Waals surface area (Å²) in [7, 11) is 0. The quantitative estimate of drug-likeness (QED) is 0.482. The zero-order valence-electron chi connectivity index (χ0n) is 10.1. The van der Waals surface area contributed by atoms with Gasteiger partial charge in [0.15, 0.2) is 0 Å². The van der Waals surface area contributed by atoms with E-state index in [0.717, 1.165) is 0 Å². The van der Waals surface area contributed by atoms with Crippen LogP contribution in [0.2, 0.25) is 0 Å². The average Bonchev–Trinajstić information content (AvgIpc) is 2.72. The van der Waals surface area contributed by atoms with Crippen LogP contribution in [0.15, 0.2) is 18.2 Å². The summed E-state index contributed by atoms with van der Waals surface area (Å²) in [6.45, 7) is 1.79. The SMILES string of the molecule is Cc1ccc(N2C[C@H](C(=O)Cl)CC2=O)cc1[N+](=O)[O-]. The van der Waals surface area contributed by atoms with Crippen LogP contribution < -0.4 is 4.90 Å². The van der Waals surface area contributed by atoms with Crippen LogP contribution in [0, 0.1) is 23.0 Å². The number of anilines is 1. The lowest BCUT2D eigenvalue weighted by Gasteiger charge is -2.16. The molecule has 1 aromatic carbocycles. The van der Waals surface area contributed by atoms with Crippen molar-refractivity contribution in [2.45, 2.75) is 13.3 Å². The van der Waals surface area contributed by atoms with Crippen molar-refractivity contribution < 1.29 is 14.5 Å². The lowest BCUT2D eigenvalue weighted by molar-refractivity contribution is -0.385. The van der Waals surface area contributed by atoms with Crippen molar-refractivity contribution in [3.05, 3.63) is 33.9 Å². The van der Waals surface area contributed by atoms with Crippen molar-refractivity contribution in [1.29, 1.82) is 0 Å². The van der Waals surface area contributed by atoms with E-state index in [1.807, 2.05) is 0 Å². The van der Waals surface area contributed by atoms with Crippen LogP contribution in [0.1, 0.15) is 12.0 Å². The summed E-state index contributed by atoms with van der Waals surface area (Å²) in [6, 6.07) is 4.55. The second kappa shape index (κ2) is 4.97. The highest BCUT2D eigenvalue weighted by molar-refractivity contribution is 6.64. The number of benzene rings is 1. The molecule has 1 aromatic rings. The average molecular weight is 283 g/mol. The number of nitro benzene ring substituents is 1. The van der Waals surface area contributed by atoms with Gasteiger partial charge >= 0.3 is 0 Å². The van der Waals surface area contributed by atoms with Crippen LogP contribution in [0.3, 0.4) is 0 Å². The molecule has 0 radical (unpaired) electrons. The minimum absolute atomic E-state index is 0.0456. The van der Waals surface area contributed by atoms with Gasteiger partial charge in [-0.15, -0.1) is 0 Å². The van der Waals surface area contributed by atoms with E-state index in [0.29, 0.717) is 11.3 Å². The first kappa shape index (κ1) is 13.5. The van der Waals surface area contributed by atoms with Gasteiger partial charge in [0, 0.05) is 24.6 Å². The molecule has 0 aromatic heterocycles. The zero-order chi connectivity index (χ0) is 14.2. The molecule has 7 heteroatoms. The molecule has 0 unspecified atom stereocenters. The Bertz CT molecular complexity index is 573. The number of halogens is 1. The molecule has 1 aliphatic heterocycles. The first-order chi connectivity index (χ1) is 8.90. The van der Waals surface area contributed by atoms with Gasteiger partial charge in [0.25, 0.3) is 5.69 Å². The molecular formula is C12H11ClN2O4. The fraction of sp³-hybridized carbons (Fsp3) is 0.333. The molecular weight excluding hydrogens is 272 g/mol. The Labute approximate surface area is 114 Å². The molecule has 0 N–H and O–H groups in total. The molecule has 1 fully saturated rings. The van der Waals surface area contributed by atoms with Gasteiger partial charge in [-0.1, -0.05) is 6.07 Å². The summed E-state index contributed by atoms with van der Waals surface area (Å²) in [6.07, 6.45) is 0.0456. The van der Waals surface area contributed by atoms with Crippen LogP contribution in [0.25, 0.3) is 0 Å². The molecule has 100 valence electrons. The molecule has 19 heavy (non-hydrogen) atoms. The van der Waals surface area contributed by atoms with E-state index < -0.39 is 16.1 Å². The minimum atomic E-state index is -0.558. The Kier molecular flexibility index (Phi) is 3.53. The van der Waals surface area contributed by atoms with E-state index >= 15 is 0 Å². The zero-order valence-corrected chi connectivity index (χ0v) is 10.9. The summed E-state index contributed by atoms with van der Waals surface area (Å²) < 4.78 is 0. The van der Waals surface area contributed by atoms with E-state index in [9.17, 15) is 19.7 Å². The summed E-state index contributed by atoms with van der Waals surface area (Å²) in [5.74, 6) is -0.799. The van der Waals surface area contributed by atoms with E-state index in [2.05, 4.69) is 0 Å². The van der Waals surface area contributed by atoms with Gasteiger partial charge in [0.05, 0.1) is 16.5 Å². The minimum Gasteiger partial charge on any atom is -0.311 e. The van der Waals surface area contributed by atoms with Crippen molar-refractivity contribution >= 4 is 34.1 Å². The summed E-state index contributed by atoms with van der Waals surface area (Å²) in [5, 5.41) is 10.3. The van der Waals surface area contributed by atoms with Crippen molar-refractivity contribution in [1.82, 2.24) is 0 Å². The van der Waals surface area contributed by atoms with Crippen LogP contribution in [-0.2, 0) is 9.59 Å². The third-order valence-electron chi connectivity index (χ3n) is 3.15. The van der Waals surface area contributed by atoms with Crippen molar-refractivity contribution in [3.63, 3.8) is 0 Å². The van der Waals surface area contributed by atoms with Gasteiger partial charge < -0.3 is 4.90 Å². The molecule has 2 rings (SSSR count). The lowest BCUT2D eigenvalue weighted by atomic mass is 10.1. The molecule has 0 aliphatic carbocycles. The van der Waals surface area contributed by atoms with Crippen LogP contribution >= 0.6 is 11.6 Å². The maximum Gasteiger partial charge on any atom is 0.274 e. The fourth-order valence-corrected chi connectivity index (χ4v) is 2.22. The van der Waals surface area contributed by atoms with Gasteiger partial charge in [-0.3, -0.25) is 19.7 Å². The Morgan fingerprint density at radius 1 is 1.53 bits per heavy atom. The van der Waals surface area contributed by atoms with E-state index in [1.165, 1.54) is 11.0 Å². The summed E-state index contributed by atoms with van der Waals surface area (Å²) >= 11 is 5.38. The molecule has 1 atom stereocenters. The fourth-order valence-electron chi connectivity index (χ4n) is 2.07. The number of aryl methyl sites for hydroxylation is 1. The Morgan fingerprint density at radius 2 is 2.21 bits per heavy atom. The monoisotopic (exact) mass is 282 g/mol. The van der Waals surface area contributed by atoms with E-state index in [-0.39, 0.29) is 24.6 Å². The number of nitrogens with zero attached hydrogens (tertiary/aromatic N) is 2. The normalized spacial score (nSPS) is 18.7. The Morgan fingerprint density at radius 3 is 2.74 bits per heavy atom. The molecule has 1 amide bonds. The highest BCUT2D eigenvalue weighted by atomic mass is 35.5. The topological polar surface area (TPSA) is 80.5 Å². The molecule has 1 heterocycles. The number of nitro groups is 1. The van der Waals surface area contributed by atoms with Crippen LogP contribution in [-0.4, -0.2) is 22.6 Å². The second-order valence-electron chi connectivity index (χ2n) is 4.44. The third-order valence-corrected chi connectivity index (χ3v) is 3.46. The number of hydrogen-bond donors (Lipinski definition) is 0. The highest BCUT2D eigenvalue weighted by Gasteiger charge is 2.34. The molecule has 1 saturated heterocycles. The molecule has 0 spiro atoms. The Balaban J connectivity index is 2.33. The first-order valence-corrected chi connectivity index (χ1v) is 6.02. The van der Waals surface area contributed by atoms with Crippen molar-refractivity contribution in [2.24, 2.45) is 5.92 Å². The molecule has 0 bridgehead atoms. The molecule has 6 nitrogen and oxygen atoms in total. The standard InChI is InChI=1S/C12H11ClN2O4/c1-7-2-3-9(5-10(7)15(18)19)14-6-8(12(13)17)4-11(14)16/h2-3,5,8H,4,6H2,1H3/t8-/m1/s1. The first-order valence-electron chi connectivity index (χ1n) is 5.65. The maximum absolute atomic E-state index is 11.8. The van der Waals surface area contributed by atoms with Gasteiger partial charge in [-0.05, 0) is 24.6 Å². The predicted molar refractivity (Wildman–Crippen MR) is 69.2 cm³/mol. The number of amides is 1. The number of rotatable bonds is 3. The van der Waals surface area contributed by atoms with E-state index in [1.54, 1.807) is 19.1 Å². The predicted octanol–water partition coefficient (Wildman–Crippen LogP) is 2.02.